The number of carbonyl (C=O) groups excluding carboxylic acids is 2. The molecule has 0 unspecified atom stereocenters. The summed E-state index contributed by atoms with van der Waals surface area (Å²) in [5.41, 5.74) is 1.17. The first kappa shape index (κ1) is 18.8. The Morgan fingerprint density at radius 3 is 2.78 bits per heavy atom. The molecule has 3 heterocycles. The van der Waals surface area contributed by atoms with Gasteiger partial charge in [-0.15, -0.1) is 0 Å². The molecule has 0 spiro atoms. The Balaban J connectivity index is 1.63. The first-order valence-electron chi connectivity index (χ1n) is 9.12. The van der Waals surface area contributed by atoms with Crippen molar-refractivity contribution in [3.63, 3.8) is 0 Å². The Bertz CT molecular complexity index is 767. The number of hydrogen-bond donors (Lipinski definition) is 1. The zero-order valence-electron chi connectivity index (χ0n) is 15.3. The number of nitrogens with zero attached hydrogens (tertiary/aromatic N) is 4. The molecule has 142 valence electrons. The SMILES string of the molecule is CCOC(=O)N1CCCC[C@H](NC(=O)c2cnc(-c3cccnc3)nc2)C1. The third-order valence-corrected chi connectivity index (χ3v) is 4.37. The van der Waals surface area contributed by atoms with Crippen molar-refractivity contribution >= 4 is 12.0 Å². The van der Waals surface area contributed by atoms with Crippen molar-refractivity contribution in [1.29, 1.82) is 0 Å². The minimum Gasteiger partial charge on any atom is -0.450 e. The lowest BCUT2D eigenvalue weighted by Gasteiger charge is -2.24. The molecule has 0 aromatic carbocycles. The molecule has 1 fully saturated rings. The summed E-state index contributed by atoms with van der Waals surface area (Å²) in [6, 6.07) is 3.54. The van der Waals surface area contributed by atoms with Crippen LogP contribution in [0.3, 0.4) is 0 Å². The fraction of sp³-hybridized carbons (Fsp3) is 0.421. The maximum Gasteiger partial charge on any atom is 0.409 e. The molecule has 1 N–H and O–H groups in total. The average molecular weight is 369 g/mol. The summed E-state index contributed by atoms with van der Waals surface area (Å²) in [5, 5.41) is 2.98. The molecule has 1 aliphatic heterocycles. The summed E-state index contributed by atoms with van der Waals surface area (Å²) in [4.78, 5) is 38.7. The highest BCUT2D eigenvalue weighted by molar-refractivity contribution is 5.94. The molecule has 3 rings (SSSR count). The number of aromatic nitrogens is 3. The maximum atomic E-state index is 12.5. The normalized spacial score (nSPS) is 17.1. The smallest absolute Gasteiger partial charge is 0.409 e. The molecule has 8 heteroatoms. The Labute approximate surface area is 158 Å². The Kier molecular flexibility index (Phi) is 6.30. The van der Waals surface area contributed by atoms with Gasteiger partial charge in [0.15, 0.2) is 5.82 Å². The van der Waals surface area contributed by atoms with Crippen LogP contribution in [0.4, 0.5) is 4.79 Å². The van der Waals surface area contributed by atoms with E-state index in [4.69, 9.17) is 4.74 Å². The van der Waals surface area contributed by atoms with Gasteiger partial charge in [0.1, 0.15) is 0 Å². The highest BCUT2D eigenvalue weighted by atomic mass is 16.6. The number of rotatable bonds is 4. The van der Waals surface area contributed by atoms with Crippen molar-refractivity contribution in [3.8, 4) is 11.4 Å². The molecule has 27 heavy (non-hydrogen) atoms. The number of pyridine rings is 1. The van der Waals surface area contributed by atoms with Gasteiger partial charge in [0.25, 0.3) is 5.91 Å². The van der Waals surface area contributed by atoms with Crippen LogP contribution in [0.5, 0.6) is 0 Å². The van der Waals surface area contributed by atoms with E-state index in [0.717, 1.165) is 24.8 Å². The molecule has 1 atom stereocenters. The second-order valence-corrected chi connectivity index (χ2v) is 6.35. The summed E-state index contributed by atoms with van der Waals surface area (Å²) in [7, 11) is 0. The maximum absolute atomic E-state index is 12.5. The van der Waals surface area contributed by atoms with E-state index in [0.29, 0.717) is 31.1 Å². The zero-order chi connectivity index (χ0) is 19.1. The van der Waals surface area contributed by atoms with Gasteiger partial charge in [0.05, 0.1) is 12.2 Å². The molecule has 0 aliphatic carbocycles. The van der Waals surface area contributed by atoms with Gasteiger partial charge in [0, 0.05) is 49.5 Å². The van der Waals surface area contributed by atoms with Crippen molar-refractivity contribution in [2.75, 3.05) is 19.7 Å². The molecular weight excluding hydrogens is 346 g/mol. The average Bonchev–Trinajstić information content (AvgIpc) is 2.94. The first-order chi connectivity index (χ1) is 13.2. The van der Waals surface area contributed by atoms with Crippen LogP contribution in [0.1, 0.15) is 36.5 Å². The van der Waals surface area contributed by atoms with E-state index in [9.17, 15) is 9.59 Å². The summed E-state index contributed by atoms with van der Waals surface area (Å²) in [6.45, 7) is 3.21. The number of likely N-dealkylation sites (tertiary alicyclic amines) is 1. The van der Waals surface area contributed by atoms with Crippen LogP contribution in [0.15, 0.2) is 36.9 Å². The lowest BCUT2D eigenvalue weighted by Crippen LogP contribution is -2.44. The summed E-state index contributed by atoms with van der Waals surface area (Å²) in [6.07, 6.45) is 8.68. The van der Waals surface area contributed by atoms with Gasteiger partial charge in [-0.05, 0) is 38.3 Å². The van der Waals surface area contributed by atoms with Gasteiger partial charge in [-0.1, -0.05) is 0 Å². The molecule has 0 bridgehead atoms. The molecular formula is C19H23N5O3. The molecule has 8 nitrogen and oxygen atoms in total. The number of hydrogen-bond acceptors (Lipinski definition) is 6. The monoisotopic (exact) mass is 369 g/mol. The highest BCUT2D eigenvalue weighted by Gasteiger charge is 2.24. The van der Waals surface area contributed by atoms with Gasteiger partial charge < -0.3 is 15.0 Å². The van der Waals surface area contributed by atoms with E-state index in [-0.39, 0.29) is 18.0 Å². The van der Waals surface area contributed by atoms with Gasteiger partial charge in [-0.2, -0.15) is 0 Å². The Hall–Kier alpha value is -3.03. The third-order valence-electron chi connectivity index (χ3n) is 4.37. The van der Waals surface area contributed by atoms with Crippen molar-refractivity contribution in [3.05, 3.63) is 42.5 Å². The Morgan fingerprint density at radius 1 is 1.26 bits per heavy atom. The number of ether oxygens (including phenoxy) is 1. The van der Waals surface area contributed by atoms with Crippen LogP contribution in [0.2, 0.25) is 0 Å². The standard InChI is InChI=1S/C19H23N5O3/c1-2-27-19(26)24-9-4-3-7-16(13-24)23-18(25)15-11-21-17(22-12-15)14-6-5-8-20-10-14/h5-6,8,10-12,16H,2-4,7,9,13H2,1H3,(H,23,25)/t16-/m0/s1. The molecule has 0 saturated carbocycles. The fourth-order valence-corrected chi connectivity index (χ4v) is 3.00. The molecule has 1 saturated heterocycles. The molecule has 2 aromatic rings. The molecule has 0 radical (unpaired) electrons. The van der Waals surface area contributed by atoms with E-state index in [1.54, 1.807) is 30.3 Å². The van der Waals surface area contributed by atoms with Crippen LogP contribution in [0, 0.1) is 0 Å². The lowest BCUT2D eigenvalue weighted by atomic mass is 10.1. The third kappa shape index (κ3) is 4.99. The summed E-state index contributed by atoms with van der Waals surface area (Å²) < 4.78 is 5.08. The predicted molar refractivity (Wildman–Crippen MR) is 99.0 cm³/mol. The topological polar surface area (TPSA) is 97.3 Å². The highest BCUT2D eigenvalue weighted by Crippen LogP contribution is 2.14. The van der Waals surface area contributed by atoms with E-state index in [1.165, 1.54) is 12.4 Å². The number of amides is 2. The van der Waals surface area contributed by atoms with Crippen molar-refractivity contribution in [2.45, 2.75) is 32.2 Å². The molecule has 2 amide bonds. The predicted octanol–water partition coefficient (Wildman–Crippen LogP) is 2.28. The van der Waals surface area contributed by atoms with Crippen LogP contribution >= 0.6 is 0 Å². The molecule has 1 aliphatic rings. The van der Waals surface area contributed by atoms with E-state index >= 15 is 0 Å². The second kappa shape index (κ2) is 9.07. The largest absolute Gasteiger partial charge is 0.450 e. The fourth-order valence-electron chi connectivity index (χ4n) is 3.00. The van der Waals surface area contributed by atoms with E-state index in [1.807, 2.05) is 6.07 Å². The summed E-state index contributed by atoms with van der Waals surface area (Å²) in [5.74, 6) is 0.269. The van der Waals surface area contributed by atoms with Crippen LogP contribution in [-0.2, 0) is 4.74 Å². The quantitative estimate of drug-likeness (QED) is 0.888. The molecule has 2 aromatic heterocycles. The number of carbonyl (C=O) groups is 2. The first-order valence-corrected chi connectivity index (χ1v) is 9.12. The van der Waals surface area contributed by atoms with Crippen LogP contribution in [-0.4, -0.2) is 57.6 Å². The number of nitrogens with one attached hydrogen (secondary N) is 1. The van der Waals surface area contributed by atoms with Crippen molar-refractivity contribution in [2.24, 2.45) is 0 Å². The minimum absolute atomic E-state index is 0.123. The van der Waals surface area contributed by atoms with Gasteiger partial charge in [0.2, 0.25) is 0 Å². The van der Waals surface area contributed by atoms with Gasteiger partial charge in [-0.25, -0.2) is 14.8 Å². The van der Waals surface area contributed by atoms with E-state index in [2.05, 4.69) is 20.3 Å². The van der Waals surface area contributed by atoms with Crippen molar-refractivity contribution in [1.82, 2.24) is 25.2 Å². The summed E-state index contributed by atoms with van der Waals surface area (Å²) >= 11 is 0. The minimum atomic E-state index is -0.331. The zero-order valence-corrected chi connectivity index (χ0v) is 15.3. The van der Waals surface area contributed by atoms with Crippen LogP contribution in [0.25, 0.3) is 11.4 Å². The van der Waals surface area contributed by atoms with Gasteiger partial charge >= 0.3 is 6.09 Å². The van der Waals surface area contributed by atoms with Crippen molar-refractivity contribution < 1.29 is 14.3 Å². The Morgan fingerprint density at radius 2 is 2.07 bits per heavy atom. The van der Waals surface area contributed by atoms with E-state index < -0.39 is 0 Å². The van der Waals surface area contributed by atoms with Gasteiger partial charge in [-0.3, -0.25) is 9.78 Å². The second-order valence-electron chi connectivity index (χ2n) is 6.35. The van der Waals surface area contributed by atoms with Crippen LogP contribution < -0.4 is 5.32 Å². The lowest BCUT2D eigenvalue weighted by molar-refractivity contribution is 0.0895.